The average Bonchev–Trinajstić information content (AvgIpc) is 2.81. The molecule has 3 N–H and O–H groups in total. The maximum atomic E-state index is 13.3. The van der Waals surface area contributed by atoms with E-state index in [2.05, 4.69) is 21.2 Å². The van der Waals surface area contributed by atoms with Crippen molar-refractivity contribution < 1.29 is 14.3 Å². The van der Waals surface area contributed by atoms with E-state index in [4.69, 9.17) is 10.5 Å². The molecule has 4 aromatic carbocycles. The van der Waals surface area contributed by atoms with Crippen molar-refractivity contribution in [3.8, 4) is 11.5 Å². The van der Waals surface area contributed by atoms with E-state index in [1.54, 1.807) is 30.3 Å². The van der Waals surface area contributed by atoms with Crippen molar-refractivity contribution in [2.24, 2.45) is 0 Å². The highest BCUT2D eigenvalue weighted by Crippen LogP contribution is 2.40. The number of nitrogens with one attached hydrogen (secondary N) is 1. The highest BCUT2D eigenvalue weighted by atomic mass is 79.9. The first-order valence-corrected chi connectivity index (χ1v) is 10.7. The summed E-state index contributed by atoms with van der Waals surface area (Å²) in [6.07, 6.45) is 0. The number of carbonyl (C=O) groups is 2. The van der Waals surface area contributed by atoms with E-state index in [0.717, 1.165) is 11.4 Å². The molecular formula is C26H17BrN2O3. The largest absolute Gasteiger partial charge is 0.457 e. The van der Waals surface area contributed by atoms with E-state index in [-0.39, 0.29) is 28.4 Å². The molecule has 0 amide bonds. The molecule has 0 saturated heterocycles. The van der Waals surface area contributed by atoms with Crippen molar-refractivity contribution >= 4 is 44.6 Å². The lowest BCUT2D eigenvalue weighted by molar-refractivity contribution is 0.0980. The maximum Gasteiger partial charge on any atom is 0.196 e. The van der Waals surface area contributed by atoms with Gasteiger partial charge < -0.3 is 15.8 Å². The summed E-state index contributed by atoms with van der Waals surface area (Å²) in [5.41, 5.74) is 8.94. The zero-order valence-electron chi connectivity index (χ0n) is 16.8. The minimum atomic E-state index is -0.261. The van der Waals surface area contributed by atoms with Crippen LogP contribution in [0.2, 0.25) is 0 Å². The second-order valence-electron chi connectivity index (χ2n) is 7.34. The smallest absolute Gasteiger partial charge is 0.196 e. The Bertz CT molecular complexity index is 1370. The number of carbonyl (C=O) groups excluding carboxylic acids is 2. The Morgan fingerprint density at radius 1 is 0.719 bits per heavy atom. The predicted octanol–water partition coefficient (Wildman–Crippen LogP) is 6.34. The van der Waals surface area contributed by atoms with Gasteiger partial charge in [-0.1, -0.05) is 42.5 Å². The van der Waals surface area contributed by atoms with E-state index < -0.39 is 0 Å². The fourth-order valence-electron chi connectivity index (χ4n) is 3.77. The van der Waals surface area contributed by atoms with Gasteiger partial charge in [-0.3, -0.25) is 9.59 Å². The standard InChI is InChI=1S/C26H17BrN2O3/c27-20-14-21(29-15-10-12-17(13-11-15)32-16-6-2-1-3-7-16)22-23(24(20)28)26(31)19-9-5-4-8-18(19)25(22)30/h1-14,29H,28H2. The summed E-state index contributed by atoms with van der Waals surface area (Å²) in [6.45, 7) is 0. The molecule has 0 atom stereocenters. The summed E-state index contributed by atoms with van der Waals surface area (Å²) in [6, 6.07) is 25.4. The number of ketones is 2. The molecule has 32 heavy (non-hydrogen) atoms. The highest BCUT2D eigenvalue weighted by molar-refractivity contribution is 9.10. The Kier molecular flexibility index (Phi) is 4.99. The number of hydrogen-bond acceptors (Lipinski definition) is 5. The number of benzene rings is 4. The van der Waals surface area contributed by atoms with Crippen molar-refractivity contribution in [1.29, 1.82) is 0 Å². The van der Waals surface area contributed by atoms with E-state index in [1.165, 1.54) is 0 Å². The monoisotopic (exact) mass is 484 g/mol. The number of hydrogen-bond donors (Lipinski definition) is 2. The van der Waals surface area contributed by atoms with E-state index in [0.29, 0.717) is 27.0 Å². The predicted molar refractivity (Wildman–Crippen MR) is 128 cm³/mol. The molecule has 0 bridgehead atoms. The first-order valence-electron chi connectivity index (χ1n) is 9.93. The summed E-state index contributed by atoms with van der Waals surface area (Å²) in [7, 11) is 0. The summed E-state index contributed by atoms with van der Waals surface area (Å²) in [5.74, 6) is 0.930. The SMILES string of the molecule is Nc1c(Br)cc(Nc2ccc(Oc3ccccc3)cc2)c2c1C(=O)c1ccccc1C2=O. The number of nitrogen functional groups attached to an aromatic ring is 1. The average molecular weight is 485 g/mol. The first kappa shape index (κ1) is 20.0. The van der Waals surface area contributed by atoms with Crippen molar-refractivity contribution in [1.82, 2.24) is 0 Å². The normalized spacial score (nSPS) is 12.2. The van der Waals surface area contributed by atoms with E-state index in [1.807, 2.05) is 54.6 Å². The molecule has 0 aliphatic heterocycles. The van der Waals surface area contributed by atoms with Crippen molar-refractivity contribution in [3.05, 3.63) is 112 Å². The van der Waals surface area contributed by atoms with Crippen LogP contribution in [0, 0.1) is 0 Å². The van der Waals surface area contributed by atoms with E-state index in [9.17, 15) is 9.59 Å². The zero-order valence-corrected chi connectivity index (χ0v) is 18.3. The maximum absolute atomic E-state index is 13.3. The molecule has 0 aromatic heterocycles. The van der Waals surface area contributed by atoms with Crippen LogP contribution < -0.4 is 15.8 Å². The van der Waals surface area contributed by atoms with Crippen LogP contribution in [-0.2, 0) is 0 Å². The van der Waals surface area contributed by atoms with Crippen LogP contribution in [0.25, 0.3) is 0 Å². The van der Waals surface area contributed by atoms with Gasteiger partial charge >= 0.3 is 0 Å². The first-order chi connectivity index (χ1) is 15.5. The zero-order chi connectivity index (χ0) is 22.2. The van der Waals surface area contributed by atoms with Crippen LogP contribution >= 0.6 is 15.9 Å². The minimum Gasteiger partial charge on any atom is -0.457 e. The van der Waals surface area contributed by atoms with Gasteiger partial charge in [0, 0.05) is 21.3 Å². The number of halogens is 1. The van der Waals surface area contributed by atoms with Gasteiger partial charge in [0.1, 0.15) is 11.5 Å². The molecule has 5 rings (SSSR count). The molecule has 0 saturated carbocycles. The Balaban J connectivity index is 1.51. The quantitative estimate of drug-likeness (QED) is 0.290. The van der Waals surface area contributed by atoms with Gasteiger partial charge in [-0.2, -0.15) is 0 Å². The Labute approximate surface area is 193 Å². The fraction of sp³-hybridized carbons (Fsp3) is 0. The van der Waals surface area contributed by atoms with Crippen LogP contribution in [0.15, 0.2) is 89.4 Å². The Hall–Kier alpha value is -3.90. The van der Waals surface area contributed by atoms with Crippen molar-refractivity contribution in [2.45, 2.75) is 0 Å². The fourth-order valence-corrected chi connectivity index (χ4v) is 4.20. The number of fused-ring (bicyclic) bond motifs is 2. The number of anilines is 3. The van der Waals surface area contributed by atoms with Gasteiger partial charge in [-0.25, -0.2) is 0 Å². The van der Waals surface area contributed by atoms with Gasteiger partial charge in [-0.15, -0.1) is 0 Å². The van der Waals surface area contributed by atoms with Crippen LogP contribution in [0.3, 0.4) is 0 Å². The molecule has 0 spiro atoms. The molecule has 6 heteroatoms. The van der Waals surface area contributed by atoms with E-state index >= 15 is 0 Å². The van der Waals surface area contributed by atoms with Gasteiger partial charge in [0.2, 0.25) is 0 Å². The third-order valence-corrected chi connectivity index (χ3v) is 5.96. The van der Waals surface area contributed by atoms with Crippen LogP contribution in [0.1, 0.15) is 31.8 Å². The lowest BCUT2D eigenvalue weighted by Crippen LogP contribution is -2.23. The molecule has 0 heterocycles. The number of nitrogens with two attached hydrogens (primary N) is 1. The number of rotatable bonds is 4. The Morgan fingerprint density at radius 2 is 1.28 bits per heavy atom. The van der Waals surface area contributed by atoms with Gasteiger partial charge in [-0.05, 0) is 58.4 Å². The van der Waals surface area contributed by atoms with Gasteiger partial charge in [0.15, 0.2) is 11.6 Å². The molecule has 4 aromatic rings. The van der Waals surface area contributed by atoms with Crippen LogP contribution in [0.5, 0.6) is 11.5 Å². The third-order valence-electron chi connectivity index (χ3n) is 5.30. The summed E-state index contributed by atoms with van der Waals surface area (Å²) >= 11 is 3.43. The van der Waals surface area contributed by atoms with Crippen molar-refractivity contribution in [2.75, 3.05) is 11.1 Å². The summed E-state index contributed by atoms with van der Waals surface area (Å²) in [4.78, 5) is 26.5. The van der Waals surface area contributed by atoms with Gasteiger partial charge in [0.05, 0.1) is 22.5 Å². The second kappa shape index (κ2) is 7.98. The third kappa shape index (κ3) is 3.44. The van der Waals surface area contributed by atoms with Gasteiger partial charge in [0.25, 0.3) is 0 Å². The van der Waals surface area contributed by atoms with Crippen LogP contribution in [-0.4, -0.2) is 11.6 Å². The lowest BCUT2D eigenvalue weighted by atomic mass is 9.82. The molecule has 0 fully saturated rings. The number of para-hydroxylation sites is 1. The molecule has 1 aliphatic rings. The molecule has 1 aliphatic carbocycles. The summed E-state index contributed by atoms with van der Waals surface area (Å²) < 4.78 is 6.37. The minimum absolute atomic E-state index is 0.217. The van der Waals surface area contributed by atoms with Crippen LogP contribution in [0.4, 0.5) is 17.1 Å². The molecule has 0 radical (unpaired) electrons. The van der Waals surface area contributed by atoms with Crippen molar-refractivity contribution in [3.63, 3.8) is 0 Å². The molecule has 0 unspecified atom stereocenters. The molecule has 5 nitrogen and oxygen atoms in total. The molecule has 156 valence electrons. The lowest BCUT2D eigenvalue weighted by Gasteiger charge is -2.23. The number of ether oxygens (including phenoxy) is 1. The highest BCUT2D eigenvalue weighted by Gasteiger charge is 2.34. The topological polar surface area (TPSA) is 81.4 Å². The second-order valence-corrected chi connectivity index (χ2v) is 8.19. The Morgan fingerprint density at radius 3 is 1.94 bits per heavy atom. The summed E-state index contributed by atoms with van der Waals surface area (Å²) in [5, 5.41) is 3.26. The molecular weight excluding hydrogens is 468 g/mol.